The Morgan fingerprint density at radius 3 is 2.55 bits per heavy atom. The molecule has 20 heavy (non-hydrogen) atoms. The maximum absolute atomic E-state index is 12.7. The number of carbonyl (C=O) groups is 1. The van der Waals surface area contributed by atoms with Gasteiger partial charge in [-0.2, -0.15) is 0 Å². The number of carbonyl (C=O) groups excluding carboxylic acids is 1. The number of amides is 1. The smallest absolute Gasteiger partial charge is 0.270 e. The lowest BCUT2D eigenvalue weighted by molar-refractivity contribution is 0.0664. The molecule has 0 N–H and O–H groups in total. The summed E-state index contributed by atoms with van der Waals surface area (Å²) in [5.74, 6) is 1.01. The van der Waals surface area contributed by atoms with E-state index in [0.717, 1.165) is 35.5 Å². The van der Waals surface area contributed by atoms with Gasteiger partial charge in [0.15, 0.2) is 0 Å². The third-order valence-corrected chi connectivity index (χ3v) is 5.12. The summed E-state index contributed by atoms with van der Waals surface area (Å²) in [5, 5.41) is 0. The van der Waals surface area contributed by atoms with Crippen LogP contribution < -0.4 is 0 Å². The lowest BCUT2D eigenvalue weighted by Gasteiger charge is -2.34. The molecule has 1 amide bonds. The van der Waals surface area contributed by atoms with Crippen molar-refractivity contribution in [2.75, 3.05) is 7.05 Å². The summed E-state index contributed by atoms with van der Waals surface area (Å²) in [5.41, 5.74) is 0.791. The van der Waals surface area contributed by atoms with E-state index in [9.17, 15) is 4.79 Å². The molecule has 3 nitrogen and oxygen atoms in total. The highest BCUT2D eigenvalue weighted by molar-refractivity contribution is 9.10. The van der Waals surface area contributed by atoms with E-state index in [1.807, 2.05) is 28.8 Å². The van der Waals surface area contributed by atoms with Gasteiger partial charge in [0.05, 0.1) is 0 Å². The van der Waals surface area contributed by atoms with E-state index in [0.29, 0.717) is 6.04 Å². The maximum Gasteiger partial charge on any atom is 0.270 e. The monoisotopic (exact) mass is 340 g/mol. The van der Waals surface area contributed by atoms with Crippen molar-refractivity contribution in [1.29, 1.82) is 0 Å². The summed E-state index contributed by atoms with van der Waals surface area (Å²) in [6.45, 7) is 5.16. The average Bonchev–Trinajstić information content (AvgIpc) is 2.87. The van der Waals surface area contributed by atoms with Crippen molar-refractivity contribution >= 4 is 21.8 Å². The van der Waals surface area contributed by atoms with Crippen molar-refractivity contribution in [3.63, 3.8) is 0 Å². The van der Waals surface area contributed by atoms with Crippen molar-refractivity contribution in [3.05, 3.63) is 22.4 Å². The molecule has 0 atom stereocenters. The van der Waals surface area contributed by atoms with Crippen molar-refractivity contribution in [3.8, 4) is 0 Å². The van der Waals surface area contributed by atoms with Crippen molar-refractivity contribution in [2.45, 2.75) is 58.5 Å². The van der Waals surface area contributed by atoms with Gasteiger partial charge in [0.25, 0.3) is 5.91 Å². The Hall–Kier alpha value is -0.770. The first kappa shape index (κ1) is 15.6. The molecule has 1 saturated carbocycles. The van der Waals surface area contributed by atoms with Crippen LogP contribution in [0.5, 0.6) is 0 Å². The lowest BCUT2D eigenvalue weighted by atomic mass is 9.84. The topological polar surface area (TPSA) is 25.2 Å². The standard InChI is InChI=1S/C16H25BrN2O/c1-4-12-6-8-14(9-7-12)18(3)16(20)15-10-13(17)11-19(15)5-2/h10-12,14H,4-9H2,1-3H3. The zero-order valence-corrected chi connectivity index (χ0v) is 14.3. The van der Waals surface area contributed by atoms with Gasteiger partial charge in [0, 0.05) is 30.3 Å². The molecule has 1 aliphatic carbocycles. The van der Waals surface area contributed by atoms with E-state index in [4.69, 9.17) is 0 Å². The zero-order chi connectivity index (χ0) is 14.7. The molecule has 112 valence electrons. The van der Waals surface area contributed by atoms with Gasteiger partial charge in [-0.05, 0) is 60.5 Å². The van der Waals surface area contributed by atoms with Crippen LogP contribution in [-0.2, 0) is 6.54 Å². The number of hydrogen-bond acceptors (Lipinski definition) is 1. The Labute approximate surface area is 130 Å². The lowest BCUT2D eigenvalue weighted by Crippen LogP contribution is -2.40. The predicted molar refractivity (Wildman–Crippen MR) is 85.9 cm³/mol. The average molecular weight is 341 g/mol. The molecular weight excluding hydrogens is 316 g/mol. The van der Waals surface area contributed by atoms with Crippen LogP contribution in [0.15, 0.2) is 16.7 Å². The fourth-order valence-electron chi connectivity index (χ4n) is 3.20. The van der Waals surface area contributed by atoms with Crippen LogP contribution >= 0.6 is 15.9 Å². The van der Waals surface area contributed by atoms with E-state index in [-0.39, 0.29) is 5.91 Å². The molecule has 0 saturated heterocycles. The molecule has 4 heteroatoms. The van der Waals surface area contributed by atoms with Crippen molar-refractivity contribution < 1.29 is 4.79 Å². The van der Waals surface area contributed by atoms with Crippen LogP contribution in [-0.4, -0.2) is 28.5 Å². The van der Waals surface area contributed by atoms with Gasteiger partial charge in [-0.3, -0.25) is 4.79 Å². The highest BCUT2D eigenvalue weighted by Gasteiger charge is 2.27. The summed E-state index contributed by atoms with van der Waals surface area (Å²) in [7, 11) is 1.96. The zero-order valence-electron chi connectivity index (χ0n) is 12.7. The van der Waals surface area contributed by atoms with E-state index < -0.39 is 0 Å². The molecule has 0 spiro atoms. The van der Waals surface area contributed by atoms with Crippen molar-refractivity contribution in [1.82, 2.24) is 9.47 Å². The van der Waals surface area contributed by atoms with Gasteiger partial charge < -0.3 is 9.47 Å². The second-order valence-corrected chi connectivity index (χ2v) is 6.74. The molecule has 0 unspecified atom stereocenters. The Morgan fingerprint density at radius 2 is 2.00 bits per heavy atom. The summed E-state index contributed by atoms with van der Waals surface area (Å²) in [6, 6.07) is 2.34. The predicted octanol–water partition coefficient (Wildman–Crippen LogP) is 4.31. The fourth-order valence-corrected chi connectivity index (χ4v) is 3.67. The van der Waals surface area contributed by atoms with Crippen LogP contribution in [0.1, 0.15) is 56.4 Å². The number of rotatable bonds is 4. The van der Waals surface area contributed by atoms with Crippen LogP contribution in [0.4, 0.5) is 0 Å². The van der Waals surface area contributed by atoms with Gasteiger partial charge in [-0.1, -0.05) is 13.3 Å². The van der Waals surface area contributed by atoms with Gasteiger partial charge in [0.2, 0.25) is 0 Å². The molecular formula is C16H25BrN2O. The molecule has 2 rings (SSSR count). The second-order valence-electron chi connectivity index (χ2n) is 5.83. The van der Waals surface area contributed by atoms with E-state index in [1.165, 1.54) is 19.3 Å². The van der Waals surface area contributed by atoms with E-state index >= 15 is 0 Å². The molecule has 1 aromatic heterocycles. The number of aromatic nitrogens is 1. The molecule has 1 heterocycles. The first-order chi connectivity index (χ1) is 9.56. The van der Waals surface area contributed by atoms with E-state index in [2.05, 4.69) is 29.8 Å². The summed E-state index contributed by atoms with van der Waals surface area (Å²) in [6.07, 6.45) is 8.07. The number of nitrogens with zero attached hydrogens (tertiary/aromatic N) is 2. The Balaban J connectivity index is 2.05. The molecule has 1 fully saturated rings. The third-order valence-electron chi connectivity index (χ3n) is 4.68. The quantitative estimate of drug-likeness (QED) is 0.801. The normalized spacial score (nSPS) is 22.8. The van der Waals surface area contributed by atoms with E-state index in [1.54, 1.807) is 0 Å². The van der Waals surface area contributed by atoms with Crippen LogP contribution in [0.25, 0.3) is 0 Å². The fraction of sp³-hybridized carbons (Fsp3) is 0.688. The van der Waals surface area contributed by atoms with Crippen LogP contribution in [0.2, 0.25) is 0 Å². The highest BCUT2D eigenvalue weighted by Crippen LogP contribution is 2.29. The highest BCUT2D eigenvalue weighted by atomic mass is 79.9. The van der Waals surface area contributed by atoms with Crippen molar-refractivity contribution in [2.24, 2.45) is 5.92 Å². The molecule has 0 aromatic carbocycles. The van der Waals surface area contributed by atoms with Crippen LogP contribution in [0, 0.1) is 5.92 Å². The van der Waals surface area contributed by atoms with Gasteiger partial charge in [-0.15, -0.1) is 0 Å². The number of hydrogen-bond donors (Lipinski definition) is 0. The Kier molecular flexibility index (Phi) is 5.30. The minimum atomic E-state index is 0.150. The summed E-state index contributed by atoms with van der Waals surface area (Å²) >= 11 is 3.46. The minimum absolute atomic E-state index is 0.150. The maximum atomic E-state index is 12.7. The second kappa shape index (κ2) is 6.79. The van der Waals surface area contributed by atoms with Gasteiger partial charge in [-0.25, -0.2) is 0 Å². The molecule has 1 aliphatic rings. The summed E-state index contributed by atoms with van der Waals surface area (Å²) < 4.78 is 2.99. The molecule has 0 radical (unpaired) electrons. The number of halogens is 1. The Bertz CT molecular complexity index is 461. The SMILES string of the molecule is CCC1CCC(N(C)C(=O)c2cc(Br)cn2CC)CC1. The summed E-state index contributed by atoms with van der Waals surface area (Å²) in [4.78, 5) is 14.6. The number of aryl methyl sites for hydroxylation is 1. The van der Waals surface area contributed by atoms with Gasteiger partial charge in [0.1, 0.15) is 5.69 Å². The first-order valence-corrected chi connectivity index (χ1v) is 8.48. The van der Waals surface area contributed by atoms with Crippen LogP contribution in [0.3, 0.4) is 0 Å². The largest absolute Gasteiger partial charge is 0.343 e. The molecule has 1 aromatic rings. The minimum Gasteiger partial charge on any atom is -0.343 e. The molecule has 0 aliphatic heterocycles. The Morgan fingerprint density at radius 1 is 1.35 bits per heavy atom. The van der Waals surface area contributed by atoms with Gasteiger partial charge >= 0.3 is 0 Å². The first-order valence-electron chi connectivity index (χ1n) is 7.69. The molecule has 0 bridgehead atoms. The third kappa shape index (κ3) is 3.27.